The molecule has 0 saturated heterocycles. The van der Waals surface area contributed by atoms with Gasteiger partial charge in [0.15, 0.2) is 0 Å². The van der Waals surface area contributed by atoms with Crippen LogP contribution in [-0.4, -0.2) is 15.7 Å². The topological polar surface area (TPSA) is 56.2 Å². The summed E-state index contributed by atoms with van der Waals surface area (Å²) in [7, 11) is 1.90. The first-order valence-electron chi connectivity index (χ1n) is 8.17. The molecule has 3 rings (SSSR count). The van der Waals surface area contributed by atoms with Crippen LogP contribution in [0.4, 0.5) is 0 Å². The Balaban J connectivity index is 1.58. The summed E-state index contributed by atoms with van der Waals surface area (Å²) >= 11 is 7.48. The predicted octanol–water partition coefficient (Wildman–Crippen LogP) is 4.26. The third kappa shape index (κ3) is 4.08. The van der Waals surface area contributed by atoms with Gasteiger partial charge in [0, 0.05) is 30.4 Å². The molecule has 1 N–H and O–H groups in total. The van der Waals surface area contributed by atoms with Crippen LogP contribution in [0.25, 0.3) is 0 Å². The SMILES string of the molecule is Cc1nn(C)c(C)c1CNC(=O)c1cc(COc2ccccc2Cl)cs1. The van der Waals surface area contributed by atoms with E-state index in [2.05, 4.69) is 10.4 Å². The van der Waals surface area contributed by atoms with E-state index in [1.165, 1.54) is 11.3 Å². The molecule has 3 aromatic rings. The Hall–Kier alpha value is -2.31. The first kappa shape index (κ1) is 18.5. The first-order chi connectivity index (χ1) is 12.5. The van der Waals surface area contributed by atoms with Crippen LogP contribution < -0.4 is 10.1 Å². The molecule has 0 aliphatic heterocycles. The van der Waals surface area contributed by atoms with Crippen LogP contribution in [0.15, 0.2) is 35.7 Å². The second kappa shape index (κ2) is 7.93. The van der Waals surface area contributed by atoms with Crippen LogP contribution >= 0.6 is 22.9 Å². The molecular weight excluding hydrogens is 370 g/mol. The summed E-state index contributed by atoms with van der Waals surface area (Å²) in [5, 5.41) is 9.82. The molecule has 2 aromatic heterocycles. The smallest absolute Gasteiger partial charge is 0.261 e. The number of hydrogen-bond acceptors (Lipinski definition) is 4. The van der Waals surface area contributed by atoms with E-state index >= 15 is 0 Å². The number of para-hydroxylation sites is 1. The summed E-state index contributed by atoms with van der Waals surface area (Å²) in [6.45, 7) is 4.78. The Labute approximate surface area is 161 Å². The molecule has 0 unspecified atom stereocenters. The number of rotatable bonds is 6. The van der Waals surface area contributed by atoms with E-state index in [0.29, 0.717) is 28.8 Å². The van der Waals surface area contributed by atoms with E-state index in [-0.39, 0.29) is 5.91 Å². The number of amides is 1. The minimum absolute atomic E-state index is 0.0957. The van der Waals surface area contributed by atoms with Gasteiger partial charge in [0.2, 0.25) is 0 Å². The fourth-order valence-corrected chi connectivity index (χ4v) is 3.63. The number of hydrogen-bond donors (Lipinski definition) is 1. The molecule has 0 fully saturated rings. The lowest BCUT2D eigenvalue weighted by Gasteiger charge is -2.06. The van der Waals surface area contributed by atoms with E-state index in [4.69, 9.17) is 16.3 Å². The number of benzene rings is 1. The summed E-state index contributed by atoms with van der Waals surface area (Å²) in [4.78, 5) is 13.1. The zero-order chi connectivity index (χ0) is 18.7. The normalized spacial score (nSPS) is 10.8. The van der Waals surface area contributed by atoms with Gasteiger partial charge in [-0.25, -0.2) is 0 Å². The maximum absolute atomic E-state index is 12.4. The van der Waals surface area contributed by atoms with Crippen LogP contribution in [0, 0.1) is 13.8 Å². The quantitative estimate of drug-likeness (QED) is 0.685. The van der Waals surface area contributed by atoms with Gasteiger partial charge in [0.05, 0.1) is 15.6 Å². The molecule has 0 aliphatic rings. The summed E-state index contributed by atoms with van der Waals surface area (Å²) in [5.41, 5.74) is 3.99. The number of carbonyl (C=O) groups excluding carboxylic acids is 1. The van der Waals surface area contributed by atoms with Crippen molar-refractivity contribution in [2.75, 3.05) is 0 Å². The third-order valence-electron chi connectivity index (χ3n) is 4.19. The lowest BCUT2D eigenvalue weighted by molar-refractivity contribution is 0.0955. The Bertz CT molecular complexity index is 933. The van der Waals surface area contributed by atoms with Crippen LogP contribution in [0.1, 0.15) is 32.2 Å². The first-order valence-corrected chi connectivity index (χ1v) is 9.43. The largest absolute Gasteiger partial charge is 0.487 e. The zero-order valence-corrected chi connectivity index (χ0v) is 16.4. The third-order valence-corrected chi connectivity index (χ3v) is 5.48. The van der Waals surface area contributed by atoms with Gasteiger partial charge in [-0.05, 0) is 37.4 Å². The maximum Gasteiger partial charge on any atom is 0.261 e. The summed E-state index contributed by atoms with van der Waals surface area (Å²) < 4.78 is 7.54. The van der Waals surface area contributed by atoms with Crippen LogP contribution in [0.3, 0.4) is 0 Å². The highest BCUT2D eigenvalue weighted by Gasteiger charge is 2.13. The van der Waals surface area contributed by atoms with Crippen molar-refractivity contribution in [3.8, 4) is 5.75 Å². The molecule has 1 amide bonds. The molecule has 5 nitrogen and oxygen atoms in total. The molecule has 0 saturated carbocycles. The van der Waals surface area contributed by atoms with Gasteiger partial charge in [-0.2, -0.15) is 5.10 Å². The summed E-state index contributed by atoms with van der Waals surface area (Å²) in [5.74, 6) is 0.538. The highest BCUT2D eigenvalue weighted by Crippen LogP contribution is 2.25. The Morgan fingerprint density at radius 2 is 2.12 bits per heavy atom. The van der Waals surface area contributed by atoms with Gasteiger partial charge in [-0.15, -0.1) is 11.3 Å². The molecule has 136 valence electrons. The number of aryl methyl sites for hydroxylation is 2. The van der Waals surface area contributed by atoms with Crippen molar-refractivity contribution >= 4 is 28.8 Å². The molecule has 0 atom stereocenters. The second-order valence-corrected chi connectivity index (χ2v) is 7.31. The molecule has 1 aromatic carbocycles. The Morgan fingerprint density at radius 3 is 2.81 bits per heavy atom. The van der Waals surface area contributed by atoms with E-state index < -0.39 is 0 Å². The van der Waals surface area contributed by atoms with Crippen molar-refractivity contribution in [1.82, 2.24) is 15.1 Å². The lowest BCUT2D eigenvalue weighted by Crippen LogP contribution is -2.22. The molecular formula is C19H20ClN3O2S. The molecule has 0 spiro atoms. The molecule has 0 radical (unpaired) electrons. The highest BCUT2D eigenvalue weighted by atomic mass is 35.5. The maximum atomic E-state index is 12.4. The van der Waals surface area contributed by atoms with E-state index in [1.54, 1.807) is 6.07 Å². The van der Waals surface area contributed by atoms with Crippen molar-refractivity contribution in [3.05, 3.63) is 68.1 Å². The Morgan fingerprint density at radius 1 is 1.35 bits per heavy atom. The predicted molar refractivity (Wildman–Crippen MR) is 104 cm³/mol. The number of thiophene rings is 1. The van der Waals surface area contributed by atoms with Crippen molar-refractivity contribution < 1.29 is 9.53 Å². The minimum atomic E-state index is -0.0957. The van der Waals surface area contributed by atoms with E-state index in [0.717, 1.165) is 22.5 Å². The molecule has 2 heterocycles. The number of halogens is 1. The van der Waals surface area contributed by atoms with Crippen LogP contribution in [0.5, 0.6) is 5.75 Å². The lowest BCUT2D eigenvalue weighted by atomic mass is 10.2. The fourth-order valence-electron chi connectivity index (χ4n) is 2.62. The molecule has 0 bridgehead atoms. The van der Waals surface area contributed by atoms with Crippen molar-refractivity contribution in [2.45, 2.75) is 27.0 Å². The Kier molecular flexibility index (Phi) is 5.64. The average molecular weight is 390 g/mol. The van der Waals surface area contributed by atoms with E-state index in [1.807, 2.05) is 55.2 Å². The highest BCUT2D eigenvalue weighted by molar-refractivity contribution is 7.12. The minimum Gasteiger partial charge on any atom is -0.487 e. The molecule has 7 heteroatoms. The van der Waals surface area contributed by atoms with Gasteiger partial charge < -0.3 is 10.1 Å². The van der Waals surface area contributed by atoms with Gasteiger partial charge in [-0.3, -0.25) is 9.48 Å². The van der Waals surface area contributed by atoms with Crippen LogP contribution in [-0.2, 0) is 20.2 Å². The van der Waals surface area contributed by atoms with Crippen molar-refractivity contribution in [2.24, 2.45) is 7.05 Å². The van der Waals surface area contributed by atoms with Crippen molar-refractivity contribution in [1.29, 1.82) is 0 Å². The molecule has 0 aliphatic carbocycles. The summed E-state index contributed by atoms with van der Waals surface area (Å²) in [6, 6.07) is 9.18. The number of carbonyl (C=O) groups is 1. The fraction of sp³-hybridized carbons (Fsp3) is 0.263. The summed E-state index contributed by atoms with van der Waals surface area (Å²) in [6.07, 6.45) is 0. The van der Waals surface area contributed by atoms with Gasteiger partial charge in [0.1, 0.15) is 12.4 Å². The molecule has 26 heavy (non-hydrogen) atoms. The van der Waals surface area contributed by atoms with E-state index in [9.17, 15) is 4.79 Å². The monoisotopic (exact) mass is 389 g/mol. The number of nitrogens with one attached hydrogen (secondary N) is 1. The second-order valence-electron chi connectivity index (χ2n) is 5.99. The number of ether oxygens (including phenoxy) is 1. The van der Waals surface area contributed by atoms with Crippen molar-refractivity contribution in [3.63, 3.8) is 0 Å². The zero-order valence-electron chi connectivity index (χ0n) is 14.9. The average Bonchev–Trinajstić information content (AvgIpc) is 3.18. The van der Waals surface area contributed by atoms with Gasteiger partial charge in [-0.1, -0.05) is 23.7 Å². The number of aromatic nitrogens is 2. The van der Waals surface area contributed by atoms with Gasteiger partial charge >= 0.3 is 0 Å². The number of nitrogens with zero attached hydrogens (tertiary/aromatic N) is 2. The van der Waals surface area contributed by atoms with Gasteiger partial charge in [0.25, 0.3) is 5.91 Å². The van der Waals surface area contributed by atoms with Crippen LogP contribution in [0.2, 0.25) is 5.02 Å². The standard InChI is InChI=1S/C19H20ClN3O2S/c1-12-15(13(2)23(3)22-12)9-21-19(24)18-8-14(11-26-18)10-25-17-7-5-4-6-16(17)20/h4-8,11H,9-10H2,1-3H3,(H,21,24).